The van der Waals surface area contributed by atoms with Crippen LogP contribution in [0.5, 0.6) is 0 Å². The quantitative estimate of drug-likeness (QED) is 0.437. The van der Waals surface area contributed by atoms with Gasteiger partial charge in [0.25, 0.3) is 0 Å². The Hall–Kier alpha value is -1.30. The van der Waals surface area contributed by atoms with Gasteiger partial charge < -0.3 is 4.74 Å². The van der Waals surface area contributed by atoms with Gasteiger partial charge in [-0.3, -0.25) is 4.79 Å². The number of hydrogen-bond donors (Lipinski definition) is 0. The lowest BCUT2D eigenvalue weighted by atomic mass is 10.1. The summed E-state index contributed by atoms with van der Waals surface area (Å²) in [5.74, 6) is -0.153. The van der Waals surface area contributed by atoms with Crippen molar-refractivity contribution in [2.75, 3.05) is 0 Å². The second-order valence-electron chi connectivity index (χ2n) is 2.76. The highest BCUT2D eigenvalue weighted by Crippen LogP contribution is 2.14. The molecule has 1 aliphatic heterocycles. The second kappa shape index (κ2) is 4.55. The first-order chi connectivity index (χ1) is 5.83. The Bertz CT molecular complexity index is 227. The van der Waals surface area contributed by atoms with E-state index in [-0.39, 0.29) is 12.1 Å². The first-order valence-corrected chi connectivity index (χ1v) is 4.08. The zero-order valence-corrected chi connectivity index (χ0v) is 6.82. The molecule has 1 saturated heterocycles. The number of rotatable bonds is 1. The number of ether oxygens (including phenoxy) is 1. The summed E-state index contributed by atoms with van der Waals surface area (Å²) in [6, 6.07) is 1.88. The molecule has 0 spiro atoms. The van der Waals surface area contributed by atoms with Crippen molar-refractivity contribution in [3.8, 4) is 6.07 Å². The number of carbonyl (C=O) groups excluding carboxylic acids is 1. The van der Waals surface area contributed by atoms with Gasteiger partial charge in [0.15, 0.2) is 0 Å². The van der Waals surface area contributed by atoms with Crippen molar-refractivity contribution in [1.29, 1.82) is 5.26 Å². The number of nitrogens with zero attached hydrogens (tertiary/aromatic N) is 1. The highest BCUT2D eigenvalue weighted by atomic mass is 16.5. The molecule has 0 bridgehead atoms. The molecule has 0 aliphatic carbocycles. The lowest BCUT2D eigenvalue weighted by molar-refractivity contribution is -0.145. The van der Waals surface area contributed by atoms with E-state index >= 15 is 0 Å². The van der Waals surface area contributed by atoms with Crippen molar-refractivity contribution in [1.82, 2.24) is 0 Å². The fourth-order valence-corrected chi connectivity index (χ4v) is 1.19. The van der Waals surface area contributed by atoms with Crippen LogP contribution in [0.25, 0.3) is 0 Å². The number of hydrogen-bond acceptors (Lipinski definition) is 3. The zero-order valence-electron chi connectivity index (χ0n) is 6.82. The summed E-state index contributed by atoms with van der Waals surface area (Å²) in [6.07, 6.45) is 6.06. The monoisotopic (exact) mass is 165 g/mol. The fourth-order valence-electron chi connectivity index (χ4n) is 1.19. The standard InChI is InChI=1S/C9H11NO2/c10-7-3-5-8-4-1-2-6-9(11)12-8/h3,5,8H,1-2,4,6H2. The van der Waals surface area contributed by atoms with Crippen LogP contribution >= 0.6 is 0 Å². The number of esters is 1. The van der Waals surface area contributed by atoms with Gasteiger partial charge >= 0.3 is 5.97 Å². The van der Waals surface area contributed by atoms with E-state index in [2.05, 4.69) is 0 Å². The molecule has 1 heterocycles. The third-order valence-electron chi connectivity index (χ3n) is 1.79. The van der Waals surface area contributed by atoms with Gasteiger partial charge in [-0.2, -0.15) is 5.26 Å². The normalized spacial score (nSPS) is 24.6. The summed E-state index contributed by atoms with van der Waals surface area (Å²) >= 11 is 0. The molecule has 3 heteroatoms. The summed E-state index contributed by atoms with van der Waals surface area (Å²) in [4.78, 5) is 10.9. The third-order valence-corrected chi connectivity index (χ3v) is 1.79. The smallest absolute Gasteiger partial charge is 0.306 e. The van der Waals surface area contributed by atoms with Gasteiger partial charge in [-0.25, -0.2) is 0 Å². The van der Waals surface area contributed by atoms with Crippen molar-refractivity contribution in [3.63, 3.8) is 0 Å². The molecule has 0 amide bonds. The molecular formula is C9H11NO2. The molecule has 1 atom stereocenters. The van der Waals surface area contributed by atoms with E-state index in [1.807, 2.05) is 6.07 Å². The van der Waals surface area contributed by atoms with Crippen molar-refractivity contribution in [2.24, 2.45) is 0 Å². The predicted octanol–water partition coefficient (Wildman–Crippen LogP) is 1.55. The topological polar surface area (TPSA) is 50.1 Å². The molecule has 1 fully saturated rings. The Morgan fingerprint density at radius 1 is 1.58 bits per heavy atom. The maximum atomic E-state index is 10.9. The predicted molar refractivity (Wildman–Crippen MR) is 43.1 cm³/mol. The van der Waals surface area contributed by atoms with Gasteiger partial charge in [-0.1, -0.05) is 0 Å². The lowest BCUT2D eigenvalue weighted by Gasteiger charge is -2.08. The molecule has 12 heavy (non-hydrogen) atoms. The molecule has 1 unspecified atom stereocenters. The Morgan fingerprint density at radius 2 is 2.42 bits per heavy atom. The van der Waals surface area contributed by atoms with E-state index in [9.17, 15) is 4.79 Å². The molecule has 3 nitrogen and oxygen atoms in total. The van der Waals surface area contributed by atoms with Gasteiger partial charge in [0.05, 0.1) is 6.07 Å². The average Bonchev–Trinajstić information content (AvgIpc) is 2.26. The van der Waals surface area contributed by atoms with Gasteiger partial charge in [0, 0.05) is 12.5 Å². The Morgan fingerprint density at radius 3 is 3.17 bits per heavy atom. The summed E-state index contributed by atoms with van der Waals surface area (Å²) < 4.78 is 5.04. The highest BCUT2D eigenvalue weighted by molar-refractivity contribution is 5.69. The number of carbonyl (C=O) groups is 1. The van der Waals surface area contributed by atoms with E-state index in [0.29, 0.717) is 6.42 Å². The van der Waals surface area contributed by atoms with Crippen molar-refractivity contribution in [2.45, 2.75) is 31.8 Å². The Kier molecular flexibility index (Phi) is 3.34. The second-order valence-corrected chi connectivity index (χ2v) is 2.76. The van der Waals surface area contributed by atoms with Gasteiger partial charge in [0.2, 0.25) is 0 Å². The van der Waals surface area contributed by atoms with E-state index in [1.54, 1.807) is 6.08 Å². The summed E-state index contributed by atoms with van der Waals surface area (Å²) in [5.41, 5.74) is 0. The molecule has 1 aliphatic rings. The fraction of sp³-hybridized carbons (Fsp3) is 0.556. The van der Waals surface area contributed by atoms with Crippen LogP contribution in [0.4, 0.5) is 0 Å². The minimum absolute atomic E-state index is 0.153. The van der Waals surface area contributed by atoms with Crippen LogP contribution in [0.1, 0.15) is 25.7 Å². The number of cyclic esters (lactones) is 1. The Balaban J connectivity index is 2.47. The molecule has 64 valence electrons. The first kappa shape index (κ1) is 8.79. The number of allylic oxidation sites excluding steroid dienone is 1. The molecule has 0 aromatic carbocycles. The molecule has 0 radical (unpaired) electrons. The van der Waals surface area contributed by atoms with E-state index in [0.717, 1.165) is 19.3 Å². The van der Waals surface area contributed by atoms with Crippen molar-refractivity contribution < 1.29 is 9.53 Å². The van der Waals surface area contributed by atoms with Crippen molar-refractivity contribution >= 4 is 5.97 Å². The van der Waals surface area contributed by atoms with Crippen LogP contribution in [-0.2, 0) is 9.53 Å². The summed E-state index contributed by atoms with van der Waals surface area (Å²) in [5, 5.41) is 8.26. The largest absolute Gasteiger partial charge is 0.458 e. The third kappa shape index (κ3) is 2.75. The Labute approximate surface area is 71.6 Å². The zero-order chi connectivity index (χ0) is 8.81. The van der Waals surface area contributed by atoms with Crippen LogP contribution < -0.4 is 0 Å². The lowest BCUT2D eigenvalue weighted by Crippen LogP contribution is -2.12. The minimum Gasteiger partial charge on any atom is -0.458 e. The van der Waals surface area contributed by atoms with E-state index in [4.69, 9.17) is 10.00 Å². The molecule has 0 aromatic heterocycles. The minimum atomic E-state index is -0.181. The van der Waals surface area contributed by atoms with Crippen LogP contribution in [0.15, 0.2) is 12.2 Å². The molecule has 0 saturated carbocycles. The maximum absolute atomic E-state index is 10.9. The van der Waals surface area contributed by atoms with Crippen LogP contribution in [0, 0.1) is 11.3 Å². The van der Waals surface area contributed by atoms with Crippen LogP contribution in [0.2, 0.25) is 0 Å². The number of nitriles is 1. The molecule has 1 rings (SSSR count). The first-order valence-electron chi connectivity index (χ1n) is 4.08. The average molecular weight is 165 g/mol. The van der Waals surface area contributed by atoms with E-state index < -0.39 is 0 Å². The van der Waals surface area contributed by atoms with Crippen LogP contribution in [0.3, 0.4) is 0 Å². The molecule has 0 aromatic rings. The van der Waals surface area contributed by atoms with Gasteiger partial charge in [0.1, 0.15) is 6.10 Å². The van der Waals surface area contributed by atoms with Gasteiger partial charge in [-0.15, -0.1) is 0 Å². The SMILES string of the molecule is N#CC=CC1CCCCC(=O)O1. The maximum Gasteiger partial charge on any atom is 0.306 e. The highest BCUT2D eigenvalue weighted by Gasteiger charge is 2.15. The van der Waals surface area contributed by atoms with Crippen molar-refractivity contribution in [3.05, 3.63) is 12.2 Å². The summed E-state index contributed by atoms with van der Waals surface area (Å²) in [7, 11) is 0. The molecule has 0 N–H and O–H groups in total. The van der Waals surface area contributed by atoms with E-state index in [1.165, 1.54) is 6.08 Å². The molecular weight excluding hydrogens is 154 g/mol. The van der Waals surface area contributed by atoms with Crippen LogP contribution in [-0.4, -0.2) is 12.1 Å². The van der Waals surface area contributed by atoms with Gasteiger partial charge in [-0.05, 0) is 25.3 Å². The summed E-state index contributed by atoms with van der Waals surface area (Å²) in [6.45, 7) is 0.